The Morgan fingerprint density at radius 1 is 1.08 bits per heavy atom. The molecular weight excluding hydrogens is 456 g/mol. The first-order chi connectivity index (χ1) is 17.1. The molecule has 1 atom stereocenters. The highest BCUT2D eigenvalue weighted by Crippen LogP contribution is 2.20. The van der Waals surface area contributed by atoms with E-state index in [0.717, 1.165) is 22.3 Å². The van der Waals surface area contributed by atoms with Crippen molar-refractivity contribution >= 4 is 23.0 Å². The third-order valence-corrected chi connectivity index (χ3v) is 4.73. The number of aromatic nitrogens is 1. The number of amides is 1. The second kappa shape index (κ2) is 13.9. The van der Waals surface area contributed by atoms with Crippen molar-refractivity contribution in [2.24, 2.45) is 0 Å². The Balaban J connectivity index is 0.000000256. The Hall–Kier alpha value is -3.87. The minimum Gasteiger partial charge on any atom is -0.489 e. The van der Waals surface area contributed by atoms with E-state index in [9.17, 15) is 9.59 Å². The van der Waals surface area contributed by atoms with Gasteiger partial charge in [-0.25, -0.2) is 9.59 Å². The van der Waals surface area contributed by atoms with E-state index < -0.39 is 23.7 Å². The summed E-state index contributed by atoms with van der Waals surface area (Å²) in [6.45, 7) is 13.3. The average Bonchev–Trinajstić information content (AvgIpc) is 2.82. The van der Waals surface area contributed by atoms with E-state index in [-0.39, 0.29) is 6.61 Å². The number of nitrogens with one attached hydrogen (secondary N) is 1. The number of carbonyl (C=O) groups excluding carboxylic acids is 2. The summed E-state index contributed by atoms with van der Waals surface area (Å²) >= 11 is 0. The molecule has 1 heterocycles. The number of carbonyl (C=O) groups is 2. The van der Waals surface area contributed by atoms with Crippen molar-refractivity contribution in [3.05, 3.63) is 84.6 Å². The van der Waals surface area contributed by atoms with Crippen LogP contribution in [0.3, 0.4) is 0 Å². The molecular formula is C29H36N2O5. The van der Waals surface area contributed by atoms with Crippen molar-refractivity contribution in [3.8, 4) is 5.75 Å². The maximum atomic E-state index is 11.5. The van der Waals surface area contributed by atoms with Crippen LogP contribution in [0.1, 0.15) is 45.4 Å². The number of aryl methyl sites for hydroxylation is 1. The molecule has 0 saturated heterocycles. The Morgan fingerprint density at radius 3 is 2.39 bits per heavy atom. The summed E-state index contributed by atoms with van der Waals surface area (Å²) in [5.41, 5.74) is 2.61. The molecule has 1 amide bonds. The van der Waals surface area contributed by atoms with E-state index >= 15 is 0 Å². The summed E-state index contributed by atoms with van der Waals surface area (Å²) in [6, 6.07) is 19.4. The van der Waals surface area contributed by atoms with Crippen molar-refractivity contribution in [2.75, 3.05) is 6.61 Å². The molecule has 0 fully saturated rings. The monoisotopic (exact) mass is 492 g/mol. The van der Waals surface area contributed by atoms with Crippen LogP contribution in [0.5, 0.6) is 5.75 Å². The van der Waals surface area contributed by atoms with Crippen LogP contribution < -0.4 is 10.1 Å². The van der Waals surface area contributed by atoms with Gasteiger partial charge in [0, 0.05) is 16.6 Å². The van der Waals surface area contributed by atoms with Gasteiger partial charge in [0.1, 0.15) is 24.0 Å². The highest BCUT2D eigenvalue weighted by molar-refractivity contribution is 5.82. The fourth-order valence-electron chi connectivity index (χ4n) is 3.27. The summed E-state index contributed by atoms with van der Waals surface area (Å²) in [4.78, 5) is 27.5. The van der Waals surface area contributed by atoms with Crippen molar-refractivity contribution in [1.29, 1.82) is 0 Å². The van der Waals surface area contributed by atoms with Crippen LogP contribution in [0.25, 0.3) is 10.9 Å². The van der Waals surface area contributed by atoms with Crippen LogP contribution in [0, 0.1) is 6.92 Å². The molecule has 0 aliphatic rings. The molecule has 0 bridgehead atoms. The molecule has 1 unspecified atom stereocenters. The fraction of sp³-hybridized carbons (Fsp3) is 0.345. The number of hydrogen-bond donors (Lipinski definition) is 1. The molecule has 1 aromatic heterocycles. The molecule has 0 radical (unpaired) electrons. The number of esters is 1. The van der Waals surface area contributed by atoms with Crippen molar-refractivity contribution < 1.29 is 23.8 Å². The zero-order valence-corrected chi connectivity index (χ0v) is 21.7. The minimum atomic E-state index is -0.748. The van der Waals surface area contributed by atoms with E-state index in [2.05, 4.69) is 29.0 Å². The van der Waals surface area contributed by atoms with Crippen LogP contribution in [-0.2, 0) is 20.9 Å². The van der Waals surface area contributed by atoms with Gasteiger partial charge in [-0.3, -0.25) is 4.98 Å². The summed E-state index contributed by atoms with van der Waals surface area (Å²) in [5, 5.41) is 3.61. The first-order valence-corrected chi connectivity index (χ1v) is 11.9. The molecule has 3 rings (SSSR count). The molecule has 0 spiro atoms. The predicted octanol–water partition coefficient (Wildman–Crippen LogP) is 6.14. The van der Waals surface area contributed by atoms with Gasteiger partial charge in [-0.1, -0.05) is 42.5 Å². The first-order valence-electron chi connectivity index (χ1n) is 11.9. The smallest absolute Gasteiger partial charge is 0.408 e. The quantitative estimate of drug-likeness (QED) is 0.300. The second-order valence-corrected chi connectivity index (χ2v) is 9.02. The van der Waals surface area contributed by atoms with Gasteiger partial charge < -0.3 is 19.5 Å². The van der Waals surface area contributed by atoms with Crippen LogP contribution in [0.15, 0.2) is 73.3 Å². The normalized spacial score (nSPS) is 11.5. The summed E-state index contributed by atoms with van der Waals surface area (Å²) in [5.74, 6) is 0.402. The number of ether oxygens (including phenoxy) is 3. The maximum Gasteiger partial charge on any atom is 0.408 e. The van der Waals surface area contributed by atoms with Crippen LogP contribution in [0.4, 0.5) is 4.79 Å². The van der Waals surface area contributed by atoms with E-state index in [4.69, 9.17) is 14.2 Å². The Bertz CT molecular complexity index is 1140. The van der Waals surface area contributed by atoms with Gasteiger partial charge in [0.15, 0.2) is 0 Å². The van der Waals surface area contributed by atoms with E-state index in [1.54, 1.807) is 33.8 Å². The zero-order chi connectivity index (χ0) is 26.6. The molecule has 36 heavy (non-hydrogen) atoms. The second-order valence-electron chi connectivity index (χ2n) is 9.02. The number of pyridine rings is 1. The largest absolute Gasteiger partial charge is 0.489 e. The summed E-state index contributed by atoms with van der Waals surface area (Å²) in [7, 11) is 0. The molecule has 7 heteroatoms. The van der Waals surface area contributed by atoms with Crippen molar-refractivity contribution in [2.45, 2.75) is 59.3 Å². The van der Waals surface area contributed by atoms with Gasteiger partial charge in [-0.05, 0) is 65.3 Å². The molecule has 1 N–H and O–H groups in total. The standard InChI is InChI=1S/C17H15NO.C12H21NO4/c1-13-11-14(12-19-15-7-3-2-4-8-15)16-9-5-6-10-17(16)18-13;1-6-8-9(10(14)16-7-2)13-11(15)17-12(3,4)5/h2-11H,12H2,1H3;6,9H,1,7-8H2,2-5H3,(H,13,15). The lowest BCUT2D eigenvalue weighted by atomic mass is 10.1. The summed E-state index contributed by atoms with van der Waals surface area (Å²) in [6.07, 6.45) is 1.20. The Kier molecular flexibility index (Phi) is 10.9. The maximum absolute atomic E-state index is 11.5. The highest BCUT2D eigenvalue weighted by Gasteiger charge is 2.24. The van der Waals surface area contributed by atoms with Gasteiger partial charge >= 0.3 is 12.1 Å². The topological polar surface area (TPSA) is 86.8 Å². The third-order valence-electron chi connectivity index (χ3n) is 4.73. The number of alkyl carbamates (subject to hydrolysis) is 1. The van der Waals surface area contributed by atoms with Gasteiger partial charge in [-0.15, -0.1) is 6.58 Å². The van der Waals surface area contributed by atoms with E-state index in [1.807, 2.05) is 55.5 Å². The molecule has 0 aliphatic heterocycles. The van der Waals surface area contributed by atoms with Crippen LogP contribution >= 0.6 is 0 Å². The molecule has 192 valence electrons. The van der Waals surface area contributed by atoms with Gasteiger partial charge in [0.2, 0.25) is 0 Å². The molecule has 2 aromatic carbocycles. The highest BCUT2D eigenvalue weighted by atomic mass is 16.6. The van der Waals surface area contributed by atoms with E-state index in [0.29, 0.717) is 13.0 Å². The third kappa shape index (κ3) is 9.78. The number of para-hydroxylation sites is 2. The number of rotatable bonds is 8. The van der Waals surface area contributed by atoms with Crippen molar-refractivity contribution in [3.63, 3.8) is 0 Å². The lowest BCUT2D eigenvalue weighted by molar-refractivity contribution is -0.145. The lowest BCUT2D eigenvalue weighted by Crippen LogP contribution is -2.44. The van der Waals surface area contributed by atoms with E-state index in [1.165, 1.54) is 5.56 Å². The Labute approximate surface area is 213 Å². The number of benzene rings is 2. The first kappa shape index (κ1) is 28.4. The number of fused-ring (bicyclic) bond motifs is 1. The van der Waals surface area contributed by atoms with Crippen LogP contribution in [-0.4, -0.2) is 35.3 Å². The van der Waals surface area contributed by atoms with Gasteiger partial charge in [-0.2, -0.15) is 0 Å². The number of nitrogens with zero attached hydrogens (tertiary/aromatic N) is 1. The molecule has 3 aromatic rings. The SMILES string of the molecule is C=CCC(NC(=O)OC(C)(C)C)C(=O)OCC.Cc1cc(COc2ccccc2)c2ccccc2n1. The number of hydrogen-bond acceptors (Lipinski definition) is 6. The molecule has 7 nitrogen and oxygen atoms in total. The Morgan fingerprint density at radius 2 is 1.75 bits per heavy atom. The summed E-state index contributed by atoms with van der Waals surface area (Å²) < 4.78 is 15.7. The lowest BCUT2D eigenvalue weighted by Gasteiger charge is -2.22. The minimum absolute atomic E-state index is 0.266. The average molecular weight is 493 g/mol. The molecule has 0 aliphatic carbocycles. The fourth-order valence-corrected chi connectivity index (χ4v) is 3.27. The van der Waals surface area contributed by atoms with Crippen LogP contribution in [0.2, 0.25) is 0 Å². The predicted molar refractivity (Wildman–Crippen MR) is 142 cm³/mol. The van der Waals surface area contributed by atoms with Gasteiger partial charge in [0.05, 0.1) is 12.1 Å². The van der Waals surface area contributed by atoms with Gasteiger partial charge in [0.25, 0.3) is 0 Å². The zero-order valence-electron chi connectivity index (χ0n) is 21.7. The van der Waals surface area contributed by atoms with Crippen molar-refractivity contribution in [1.82, 2.24) is 10.3 Å². The molecule has 0 saturated carbocycles.